The summed E-state index contributed by atoms with van der Waals surface area (Å²) in [4.78, 5) is 13.3. The normalized spacial score (nSPS) is 35.6. The number of carbonyl (C=O) groups is 1. The van der Waals surface area contributed by atoms with Gasteiger partial charge in [0.1, 0.15) is 13.5 Å². The molecule has 3 aromatic carbocycles. The van der Waals surface area contributed by atoms with Crippen LogP contribution in [-0.2, 0) is 33.8 Å². The average molecular weight is 1260 g/mol. The molecule has 9 bridgehead atoms. The minimum Gasteiger partial charge on any atom is -0.504 e. The van der Waals surface area contributed by atoms with Gasteiger partial charge in [-0.2, -0.15) is 0 Å². The molecule has 7 heterocycles. The van der Waals surface area contributed by atoms with Crippen LogP contribution in [0.4, 0.5) is 0 Å². The van der Waals surface area contributed by atoms with E-state index in [0.29, 0.717) is 68.6 Å². The standard InChI is InChI=1S/C71H97N3O13S2/c1-43-13-18-56-46-19-24-70-36-50(17-15-48(70)37-72-69(20-5-4-6-21-69)22-9-23-71(56,70)35-43)87-63-30-45-14-16-49(86-42-75)31-59(77)54(26-44-27-64(83-2)68(82)65(28-44)84-3)62(80)40-88-89-66(52(45)32-61(63)79)34-60(78)51-11-7-10-47-38-74(39-55(47)51)41-85-25-8-12-57-53(58(76)29-46)33-67(81)73-57/h7,10-11,27-28,30,32,38-39,43,46,48-50,53-54,56-60,62,66,72,75-80,82H,4-6,8,12-22,24-26,29,31,33-37,40-42H2,1-3H3,(H,73,81). The highest BCUT2D eigenvalue weighted by molar-refractivity contribution is 8.76. The van der Waals surface area contributed by atoms with Gasteiger partial charge in [-0.15, -0.1) is 5.92 Å². The molecule has 4 aromatic rings. The number of aromatic nitrogens is 1. The molecular weight excluding hydrogens is 1170 g/mol. The molecule has 5 fully saturated rings. The molecule has 1 aromatic heterocycles. The average Bonchev–Trinajstić information content (AvgIpc) is 1.26. The fourth-order valence-corrected chi connectivity index (χ4v) is 21.4. The van der Waals surface area contributed by atoms with Crippen LogP contribution < -0.4 is 24.8 Å². The topological polar surface area (TPSA) is 234 Å². The Morgan fingerprint density at radius 1 is 0.843 bits per heavy atom. The first-order chi connectivity index (χ1) is 43.1. The maximum atomic E-state index is 13.3. The number of ether oxygens (including phenoxy) is 5. The number of hydrogen-bond donors (Lipinski definition) is 9. The van der Waals surface area contributed by atoms with Gasteiger partial charge in [0.15, 0.2) is 23.0 Å². The molecule has 3 spiro atoms. The van der Waals surface area contributed by atoms with Crippen molar-refractivity contribution in [2.75, 3.05) is 39.9 Å². The minimum atomic E-state index is -1.08. The van der Waals surface area contributed by atoms with E-state index in [-0.39, 0.29) is 100 Å². The number of methoxy groups -OCH3 is 2. The zero-order chi connectivity index (χ0) is 62.0. The second kappa shape index (κ2) is 28.1. The first-order valence-electron chi connectivity index (χ1n) is 33.5. The SMILES string of the molecule is COc1cc(CC2C(O)CSSC3CC(O)c4cccc5cn(cc45)COCCCC4NC(=O)CC4C(O)CC4CCC56CC(CCC5CNC5(CC#CC67CC(C)CCC47)CCCCC5)Oc4cc(c3cc4O)CCC(OCO)CC2O)cc(OC)c1O. The van der Waals surface area contributed by atoms with Crippen molar-refractivity contribution in [3.63, 3.8) is 0 Å². The van der Waals surface area contributed by atoms with Gasteiger partial charge in [-0.25, -0.2) is 0 Å². The van der Waals surface area contributed by atoms with E-state index in [9.17, 15) is 40.5 Å². The molecule has 14 rings (SSSR count). The summed E-state index contributed by atoms with van der Waals surface area (Å²) >= 11 is 0. The third-order valence-corrected chi connectivity index (χ3v) is 25.8. The largest absolute Gasteiger partial charge is 0.504 e. The van der Waals surface area contributed by atoms with Gasteiger partial charge in [0, 0.05) is 77.1 Å². The number of aliphatic hydroxyl groups excluding tert-OH is 5. The van der Waals surface area contributed by atoms with Crippen LogP contribution in [0.5, 0.6) is 28.7 Å². The number of aromatic hydroxyl groups is 2. The van der Waals surface area contributed by atoms with Crippen molar-refractivity contribution in [1.29, 1.82) is 0 Å². The number of phenols is 2. The van der Waals surface area contributed by atoms with E-state index in [4.69, 9.17) is 23.7 Å². The minimum absolute atomic E-state index is 0.00256. The second-order valence-corrected chi connectivity index (χ2v) is 30.8. The Morgan fingerprint density at radius 3 is 2.46 bits per heavy atom. The molecule has 16 nitrogen and oxygen atoms in total. The predicted molar refractivity (Wildman–Crippen MR) is 346 cm³/mol. The Balaban J connectivity index is 0.931. The first kappa shape index (κ1) is 64.7. The summed E-state index contributed by atoms with van der Waals surface area (Å²) < 4.78 is 32.7. The fraction of sp³-hybridized carbons (Fsp3) is 0.676. The summed E-state index contributed by atoms with van der Waals surface area (Å²) in [6, 6.07) is 13.0. The molecular formula is C71H97N3O13S2. The van der Waals surface area contributed by atoms with Crippen molar-refractivity contribution in [2.24, 2.45) is 46.3 Å². The number of phenolic OH excluding ortho intramolecular Hbond substituents is 2. The lowest BCUT2D eigenvalue weighted by Crippen LogP contribution is -2.62. The van der Waals surface area contributed by atoms with E-state index in [2.05, 4.69) is 29.4 Å². The summed E-state index contributed by atoms with van der Waals surface area (Å²) in [5, 5.41) is 92.4. The number of amides is 1. The summed E-state index contributed by atoms with van der Waals surface area (Å²) in [6.07, 6.45) is 17.6. The molecule has 6 aliphatic heterocycles. The van der Waals surface area contributed by atoms with E-state index in [0.717, 1.165) is 111 Å². The maximum Gasteiger partial charge on any atom is 0.220 e. The lowest BCUT2D eigenvalue weighted by molar-refractivity contribution is -0.161. The van der Waals surface area contributed by atoms with Gasteiger partial charge in [-0.1, -0.05) is 78.3 Å². The van der Waals surface area contributed by atoms with E-state index >= 15 is 0 Å². The Hall–Kier alpha value is -4.39. The highest BCUT2D eigenvalue weighted by atomic mass is 33.1. The number of hydrogen-bond acceptors (Lipinski definition) is 16. The number of nitrogens with zero attached hydrogens (tertiary/aromatic N) is 1. The predicted octanol–water partition coefficient (Wildman–Crippen LogP) is 11.0. The zero-order valence-corrected chi connectivity index (χ0v) is 54.1. The Morgan fingerprint density at radius 2 is 1.66 bits per heavy atom. The van der Waals surface area contributed by atoms with E-state index < -0.39 is 48.5 Å². The molecule has 4 aliphatic carbocycles. The van der Waals surface area contributed by atoms with Gasteiger partial charge < -0.3 is 74.6 Å². The molecule has 4 saturated carbocycles. The molecule has 16 atom stereocenters. The lowest BCUT2D eigenvalue weighted by atomic mass is 9.38. The van der Waals surface area contributed by atoms with Crippen molar-refractivity contribution in [1.82, 2.24) is 15.2 Å². The van der Waals surface area contributed by atoms with Gasteiger partial charge in [-0.05, 0) is 197 Å². The van der Waals surface area contributed by atoms with Crippen LogP contribution in [0.15, 0.2) is 54.9 Å². The van der Waals surface area contributed by atoms with Crippen LogP contribution in [0.1, 0.15) is 175 Å². The van der Waals surface area contributed by atoms with E-state index in [1.165, 1.54) is 55.1 Å². The molecule has 89 heavy (non-hydrogen) atoms. The Kier molecular flexibility index (Phi) is 20.4. The molecule has 18 heteroatoms. The molecule has 1 saturated heterocycles. The van der Waals surface area contributed by atoms with Gasteiger partial charge >= 0.3 is 0 Å². The smallest absolute Gasteiger partial charge is 0.220 e. The van der Waals surface area contributed by atoms with Gasteiger partial charge in [0.2, 0.25) is 11.7 Å². The van der Waals surface area contributed by atoms with Crippen LogP contribution in [0.2, 0.25) is 0 Å². The third-order valence-electron chi connectivity index (χ3n) is 22.9. The van der Waals surface area contributed by atoms with Crippen LogP contribution in [0, 0.1) is 58.2 Å². The van der Waals surface area contributed by atoms with Crippen LogP contribution in [0.3, 0.4) is 0 Å². The number of rotatable bonds is 6. The molecule has 16 unspecified atom stereocenters. The molecule has 10 aliphatic rings. The number of nitrogens with one attached hydrogen (secondary N) is 2. The van der Waals surface area contributed by atoms with Crippen molar-refractivity contribution >= 4 is 38.3 Å². The van der Waals surface area contributed by atoms with Crippen LogP contribution >= 0.6 is 21.6 Å². The molecule has 9 N–H and O–H groups in total. The molecule has 0 radical (unpaired) electrons. The summed E-state index contributed by atoms with van der Waals surface area (Å²) in [7, 11) is 5.88. The Bertz CT molecular complexity index is 3140. The lowest BCUT2D eigenvalue weighted by Gasteiger charge is -2.65. The van der Waals surface area contributed by atoms with Crippen molar-refractivity contribution < 1.29 is 64.2 Å². The quantitative estimate of drug-likeness (QED) is 0.0496. The highest BCUT2D eigenvalue weighted by Gasteiger charge is 2.65. The number of aryl methyl sites for hydroxylation is 1. The number of carbonyl (C=O) groups excluding carboxylic acids is 1. The molecule has 1 amide bonds. The molecule has 486 valence electrons. The van der Waals surface area contributed by atoms with Crippen LogP contribution in [0.25, 0.3) is 10.8 Å². The summed E-state index contributed by atoms with van der Waals surface area (Å²) in [5.74, 6) is 9.57. The van der Waals surface area contributed by atoms with Crippen molar-refractivity contribution in [2.45, 2.75) is 215 Å². The fourth-order valence-electron chi connectivity index (χ4n) is 18.5. The van der Waals surface area contributed by atoms with Gasteiger partial charge in [-0.3, -0.25) is 4.79 Å². The third kappa shape index (κ3) is 13.6. The number of aliphatic hydroxyl groups is 5. The maximum absolute atomic E-state index is 13.3. The van der Waals surface area contributed by atoms with Crippen molar-refractivity contribution in [3.05, 3.63) is 77.1 Å². The van der Waals surface area contributed by atoms with Gasteiger partial charge in [0.25, 0.3) is 0 Å². The Labute approximate surface area is 533 Å². The zero-order valence-electron chi connectivity index (χ0n) is 52.4. The highest BCUT2D eigenvalue weighted by Crippen LogP contribution is 2.70. The van der Waals surface area contributed by atoms with Crippen LogP contribution in [-0.4, -0.2) is 128 Å². The summed E-state index contributed by atoms with van der Waals surface area (Å²) in [6.45, 7) is 3.52. The number of fused-ring (bicyclic) bond motifs is 1. The summed E-state index contributed by atoms with van der Waals surface area (Å²) in [5.41, 5.74) is 2.59. The van der Waals surface area contributed by atoms with Crippen molar-refractivity contribution in [3.8, 4) is 40.6 Å². The number of benzene rings is 3. The van der Waals surface area contributed by atoms with Gasteiger partial charge in [0.05, 0.1) is 50.8 Å². The monoisotopic (exact) mass is 1260 g/mol. The second-order valence-electron chi connectivity index (χ2n) is 28.2. The first-order valence-corrected chi connectivity index (χ1v) is 35.9. The van der Waals surface area contributed by atoms with E-state index in [1.54, 1.807) is 12.1 Å². The van der Waals surface area contributed by atoms with E-state index in [1.807, 2.05) is 47.3 Å².